The monoisotopic (exact) mass is 384 g/mol. The first kappa shape index (κ1) is 23.4. The van der Waals surface area contributed by atoms with Crippen LogP contribution in [0.25, 0.3) is 0 Å². The third-order valence-electron chi connectivity index (χ3n) is 5.28. The summed E-state index contributed by atoms with van der Waals surface area (Å²) in [7, 11) is 1.46. The number of rotatable bonds is 8. The summed E-state index contributed by atoms with van der Waals surface area (Å²) >= 11 is 0. The van der Waals surface area contributed by atoms with E-state index in [9.17, 15) is 5.11 Å². The lowest BCUT2D eigenvalue weighted by molar-refractivity contribution is -0.105. The smallest absolute Gasteiger partial charge is 0.193 e. The van der Waals surface area contributed by atoms with Gasteiger partial charge >= 0.3 is 0 Å². The van der Waals surface area contributed by atoms with Gasteiger partial charge in [0.1, 0.15) is 12.9 Å². The SMILES string of the molecule is COCO[C@@H]1C[C@H](COC)C=C[C@H]1C(O)C#CCO[Si](C)(C)C(C)(C)C. The van der Waals surface area contributed by atoms with E-state index in [4.69, 9.17) is 18.6 Å². The van der Waals surface area contributed by atoms with E-state index in [0.717, 1.165) is 6.42 Å². The maximum atomic E-state index is 10.5. The average molecular weight is 385 g/mol. The van der Waals surface area contributed by atoms with Gasteiger partial charge in [0.25, 0.3) is 0 Å². The molecular weight excluding hydrogens is 348 g/mol. The van der Waals surface area contributed by atoms with E-state index in [1.165, 1.54) is 0 Å². The minimum Gasteiger partial charge on any atom is -0.406 e. The lowest BCUT2D eigenvalue weighted by Crippen LogP contribution is -2.40. The molecule has 26 heavy (non-hydrogen) atoms. The van der Waals surface area contributed by atoms with Gasteiger partial charge in [0.2, 0.25) is 0 Å². The van der Waals surface area contributed by atoms with Crippen LogP contribution in [0.2, 0.25) is 18.1 Å². The van der Waals surface area contributed by atoms with Crippen molar-refractivity contribution in [2.75, 3.05) is 34.2 Å². The third-order valence-corrected chi connectivity index (χ3v) is 9.75. The fourth-order valence-corrected chi connectivity index (χ4v) is 3.47. The van der Waals surface area contributed by atoms with Gasteiger partial charge in [-0.3, -0.25) is 0 Å². The Hall–Kier alpha value is -0.683. The van der Waals surface area contributed by atoms with Gasteiger partial charge in [-0.2, -0.15) is 0 Å². The molecule has 0 aromatic rings. The van der Waals surface area contributed by atoms with Crippen molar-refractivity contribution < 1.29 is 23.7 Å². The Balaban J connectivity index is 2.68. The van der Waals surface area contributed by atoms with Gasteiger partial charge in [-0.1, -0.05) is 44.8 Å². The highest BCUT2D eigenvalue weighted by molar-refractivity contribution is 6.74. The molecular formula is C20H36O5Si. The average Bonchev–Trinajstić information content (AvgIpc) is 2.56. The minimum atomic E-state index is -1.82. The van der Waals surface area contributed by atoms with Gasteiger partial charge < -0.3 is 23.7 Å². The van der Waals surface area contributed by atoms with Gasteiger partial charge in [0.15, 0.2) is 8.32 Å². The van der Waals surface area contributed by atoms with Crippen LogP contribution >= 0.6 is 0 Å². The topological polar surface area (TPSA) is 57.2 Å². The Morgan fingerprint density at radius 3 is 2.46 bits per heavy atom. The quantitative estimate of drug-likeness (QED) is 0.301. The zero-order valence-corrected chi connectivity index (χ0v) is 18.4. The lowest BCUT2D eigenvalue weighted by atomic mass is 9.83. The molecule has 150 valence electrons. The summed E-state index contributed by atoms with van der Waals surface area (Å²) in [5.41, 5.74) is 0. The van der Waals surface area contributed by atoms with Gasteiger partial charge in [-0.25, -0.2) is 0 Å². The molecule has 5 nitrogen and oxygen atoms in total. The molecule has 0 saturated carbocycles. The first-order valence-corrected chi connectivity index (χ1v) is 12.1. The molecule has 1 aliphatic rings. The van der Waals surface area contributed by atoms with E-state index in [0.29, 0.717) is 13.2 Å². The molecule has 0 bridgehead atoms. The van der Waals surface area contributed by atoms with E-state index in [-0.39, 0.29) is 29.8 Å². The van der Waals surface area contributed by atoms with Crippen LogP contribution in [0.15, 0.2) is 12.2 Å². The summed E-state index contributed by atoms with van der Waals surface area (Å²) in [6, 6.07) is 0. The summed E-state index contributed by atoms with van der Waals surface area (Å²) in [4.78, 5) is 0. The molecule has 0 aliphatic heterocycles. The van der Waals surface area contributed by atoms with E-state index in [2.05, 4.69) is 51.8 Å². The molecule has 0 spiro atoms. The molecule has 0 aromatic carbocycles. The maximum Gasteiger partial charge on any atom is 0.193 e. The molecule has 0 heterocycles. The number of aliphatic hydroxyl groups is 1. The molecule has 1 aliphatic carbocycles. The number of methoxy groups -OCH3 is 2. The fraction of sp³-hybridized carbons (Fsp3) is 0.800. The van der Waals surface area contributed by atoms with Crippen LogP contribution in [0.5, 0.6) is 0 Å². The highest BCUT2D eigenvalue weighted by atomic mass is 28.4. The van der Waals surface area contributed by atoms with Crippen LogP contribution in [0.4, 0.5) is 0 Å². The number of ether oxygens (including phenoxy) is 3. The van der Waals surface area contributed by atoms with Crippen molar-refractivity contribution in [3.8, 4) is 11.8 Å². The summed E-state index contributed by atoms with van der Waals surface area (Å²) in [5.74, 6) is 6.02. The molecule has 1 rings (SSSR count). The van der Waals surface area contributed by atoms with Crippen LogP contribution in [0.1, 0.15) is 27.2 Å². The van der Waals surface area contributed by atoms with Gasteiger partial charge in [0, 0.05) is 26.1 Å². The Bertz CT molecular complexity index is 501. The second kappa shape index (κ2) is 10.6. The summed E-state index contributed by atoms with van der Waals surface area (Å²) < 4.78 is 22.1. The van der Waals surface area contributed by atoms with Crippen molar-refractivity contribution in [3.05, 3.63) is 12.2 Å². The third kappa shape index (κ3) is 7.14. The predicted molar refractivity (Wildman–Crippen MR) is 106 cm³/mol. The molecule has 0 radical (unpaired) electrons. The highest BCUT2D eigenvalue weighted by Gasteiger charge is 2.37. The van der Waals surface area contributed by atoms with Crippen LogP contribution in [0.3, 0.4) is 0 Å². The molecule has 1 N–H and O–H groups in total. The Morgan fingerprint density at radius 1 is 1.19 bits per heavy atom. The van der Waals surface area contributed by atoms with E-state index >= 15 is 0 Å². The van der Waals surface area contributed by atoms with Gasteiger partial charge in [0.05, 0.1) is 19.3 Å². The van der Waals surface area contributed by atoms with Gasteiger partial charge in [-0.15, -0.1) is 0 Å². The minimum absolute atomic E-state index is 0.147. The van der Waals surface area contributed by atoms with Crippen LogP contribution in [0, 0.1) is 23.7 Å². The second-order valence-corrected chi connectivity index (χ2v) is 13.1. The maximum absolute atomic E-state index is 10.5. The summed E-state index contributed by atoms with van der Waals surface area (Å²) in [6.07, 6.45) is 3.90. The zero-order valence-electron chi connectivity index (χ0n) is 17.4. The molecule has 4 atom stereocenters. The van der Waals surface area contributed by atoms with Crippen molar-refractivity contribution in [1.29, 1.82) is 0 Å². The summed E-state index contributed by atoms with van der Waals surface area (Å²) in [5, 5.41) is 10.7. The van der Waals surface area contributed by atoms with Crippen molar-refractivity contribution in [3.63, 3.8) is 0 Å². The second-order valence-electron chi connectivity index (χ2n) is 8.34. The molecule has 0 saturated heterocycles. The Labute approximate surface area is 160 Å². The van der Waals surface area contributed by atoms with Crippen LogP contribution < -0.4 is 0 Å². The highest BCUT2D eigenvalue weighted by Crippen LogP contribution is 2.36. The normalized spacial score (nSPS) is 24.8. The van der Waals surface area contributed by atoms with Crippen molar-refractivity contribution in [1.82, 2.24) is 0 Å². The van der Waals surface area contributed by atoms with Crippen LogP contribution in [-0.4, -0.2) is 59.9 Å². The van der Waals surface area contributed by atoms with Crippen molar-refractivity contribution in [2.24, 2.45) is 11.8 Å². The first-order chi connectivity index (χ1) is 12.1. The van der Waals surface area contributed by atoms with E-state index < -0.39 is 14.4 Å². The van der Waals surface area contributed by atoms with Crippen molar-refractivity contribution >= 4 is 8.32 Å². The lowest BCUT2D eigenvalue weighted by Gasteiger charge is -2.35. The van der Waals surface area contributed by atoms with E-state index in [1.54, 1.807) is 14.2 Å². The standard InChI is InChI=1S/C20H36O5Si/c1-20(2,3)26(6,7)25-12-8-9-18(21)17-11-10-16(14-22-4)13-19(17)24-15-23-5/h10-11,16-19,21H,12-15H2,1-7H3/t16-,17+,18?,19-/m1/s1. The number of aliphatic hydroxyl groups excluding tert-OH is 1. The van der Waals surface area contributed by atoms with Gasteiger partial charge in [-0.05, 0) is 24.6 Å². The molecule has 1 unspecified atom stereocenters. The molecule has 0 aromatic heterocycles. The molecule has 0 amide bonds. The molecule has 0 fully saturated rings. The molecule has 6 heteroatoms. The fourth-order valence-electron chi connectivity index (χ4n) is 2.60. The predicted octanol–water partition coefficient (Wildman–Crippen LogP) is 3.20. The number of hydrogen-bond donors (Lipinski definition) is 1. The Kier molecular flexibility index (Phi) is 9.52. The first-order valence-electron chi connectivity index (χ1n) is 9.20. The largest absolute Gasteiger partial charge is 0.406 e. The van der Waals surface area contributed by atoms with Crippen molar-refractivity contribution in [2.45, 2.75) is 57.5 Å². The van der Waals surface area contributed by atoms with Crippen LogP contribution in [-0.2, 0) is 18.6 Å². The van der Waals surface area contributed by atoms with E-state index in [1.807, 2.05) is 6.08 Å². The number of hydrogen-bond acceptors (Lipinski definition) is 5. The Morgan fingerprint density at radius 2 is 1.88 bits per heavy atom. The summed E-state index contributed by atoms with van der Waals surface area (Å²) in [6.45, 7) is 12.2. The zero-order chi connectivity index (χ0) is 19.8.